The van der Waals surface area contributed by atoms with Crippen molar-refractivity contribution in [2.75, 3.05) is 5.73 Å². The number of halogens is 1. The highest BCUT2D eigenvalue weighted by Crippen LogP contribution is 2.34. The van der Waals surface area contributed by atoms with Crippen LogP contribution in [0.4, 0.5) is 10.1 Å². The molecule has 0 bridgehead atoms. The zero-order chi connectivity index (χ0) is 15.1. The molecule has 1 saturated heterocycles. The maximum absolute atomic E-state index is 13.4. The molecule has 1 aliphatic rings. The number of rotatable bonds is 3. The fraction of sp³-hybridized carbons (Fsp3) is 0.571. The predicted molar refractivity (Wildman–Crippen MR) is 77.3 cm³/mol. The molecule has 1 fully saturated rings. The van der Waals surface area contributed by atoms with E-state index in [-0.39, 0.29) is 22.7 Å². The normalized spacial score (nSPS) is 24.2. The molecule has 4 nitrogen and oxygen atoms in total. The molecule has 6 heteroatoms. The summed E-state index contributed by atoms with van der Waals surface area (Å²) in [6.07, 6.45) is 2.50. The van der Waals surface area contributed by atoms with Crippen LogP contribution in [0.5, 0.6) is 0 Å². The van der Waals surface area contributed by atoms with E-state index < -0.39 is 15.8 Å². The highest BCUT2D eigenvalue weighted by molar-refractivity contribution is 7.89. The standard InChI is InChI=1S/C14H21FN2O2S/c1-4-11-6-5-10(3)17(11)20(18,19)14-8-13(16)12(15)7-9(14)2/h7-8,10-11H,4-6,16H2,1-3H3. The largest absolute Gasteiger partial charge is 0.396 e. The summed E-state index contributed by atoms with van der Waals surface area (Å²) < 4.78 is 40.7. The van der Waals surface area contributed by atoms with E-state index in [0.717, 1.165) is 19.3 Å². The van der Waals surface area contributed by atoms with Gasteiger partial charge in [-0.2, -0.15) is 4.31 Å². The van der Waals surface area contributed by atoms with Crippen LogP contribution >= 0.6 is 0 Å². The van der Waals surface area contributed by atoms with Gasteiger partial charge in [-0.1, -0.05) is 6.92 Å². The summed E-state index contributed by atoms with van der Waals surface area (Å²) >= 11 is 0. The van der Waals surface area contributed by atoms with Gasteiger partial charge >= 0.3 is 0 Å². The van der Waals surface area contributed by atoms with Crippen LogP contribution in [0.3, 0.4) is 0 Å². The van der Waals surface area contributed by atoms with Crippen molar-refractivity contribution in [3.8, 4) is 0 Å². The number of nitrogens with two attached hydrogens (primary N) is 1. The number of anilines is 1. The molecule has 20 heavy (non-hydrogen) atoms. The first kappa shape index (κ1) is 15.3. The second kappa shape index (κ2) is 5.33. The summed E-state index contributed by atoms with van der Waals surface area (Å²) in [5.74, 6) is -0.581. The summed E-state index contributed by atoms with van der Waals surface area (Å²) in [4.78, 5) is 0.114. The second-order valence-corrected chi connectivity index (χ2v) is 7.27. The molecule has 2 N–H and O–H groups in total. The van der Waals surface area contributed by atoms with Crippen LogP contribution in [0.15, 0.2) is 17.0 Å². The molecule has 0 amide bonds. The highest BCUT2D eigenvalue weighted by atomic mass is 32.2. The number of hydrogen-bond acceptors (Lipinski definition) is 3. The van der Waals surface area contributed by atoms with Crippen LogP contribution in [0.2, 0.25) is 0 Å². The van der Waals surface area contributed by atoms with Crippen LogP contribution in [0.25, 0.3) is 0 Å². The van der Waals surface area contributed by atoms with Gasteiger partial charge in [-0.25, -0.2) is 12.8 Å². The molecule has 0 aliphatic carbocycles. The van der Waals surface area contributed by atoms with Crippen molar-refractivity contribution in [2.45, 2.75) is 57.0 Å². The summed E-state index contributed by atoms with van der Waals surface area (Å²) in [6.45, 7) is 5.49. The molecular weight excluding hydrogens is 279 g/mol. The van der Waals surface area contributed by atoms with Crippen molar-refractivity contribution in [1.82, 2.24) is 4.31 Å². The van der Waals surface area contributed by atoms with E-state index in [0.29, 0.717) is 5.56 Å². The molecule has 0 spiro atoms. The number of nitrogens with zero attached hydrogens (tertiary/aromatic N) is 1. The van der Waals surface area contributed by atoms with Gasteiger partial charge in [0.15, 0.2) is 0 Å². The number of benzene rings is 1. The lowest BCUT2D eigenvalue weighted by Gasteiger charge is -2.27. The minimum atomic E-state index is -3.63. The molecule has 1 aromatic rings. The van der Waals surface area contributed by atoms with Crippen molar-refractivity contribution in [3.63, 3.8) is 0 Å². The first-order valence-corrected chi connectivity index (χ1v) is 8.32. The summed E-state index contributed by atoms with van der Waals surface area (Å²) in [6, 6.07) is 2.40. The summed E-state index contributed by atoms with van der Waals surface area (Å²) in [5.41, 5.74) is 5.79. The minimum Gasteiger partial charge on any atom is -0.396 e. The van der Waals surface area contributed by atoms with E-state index in [1.165, 1.54) is 12.1 Å². The van der Waals surface area contributed by atoms with Gasteiger partial charge in [-0.05, 0) is 50.8 Å². The van der Waals surface area contributed by atoms with Crippen molar-refractivity contribution >= 4 is 15.7 Å². The second-order valence-electron chi connectivity index (χ2n) is 5.46. The average Bonchev–Trinajstić information content (AvgIpc) is 2.75. The van der Waals surface area contributed by atoms with Crippen molar-refractivity contribution in [3.05, 3.63) is 23.5 Å². The van der Waals surface area contributed by atoms with Gasteiger partial charge in [-0.3, -0.25) is 0 Å². The Morgan fingerprint density at radius 3 is 2.65 bits per heavy atom. The van der Waals surface area contributed by atoms with E-state index in [9.17, 15) is 12.8 Å². The molecule has 1 aliphatic heterocycles. The molecular formula is C14H21FN2O2S. The van der Waals surface area contributed by atoms with Gasteiger partial charge in [0, 0.05) is 12.1 Å². The smallest absolute Gasteiger partial charge is 0.243 e. The van der Waals surface area contributed by atoms with Gasteiger partial charge in [0.2, 0.25) is 10.0 Å². The zero-order valence-electron chi connectivity index (χ0n) is 12.1. The highest BCUT2D eigenvalue weighted by Gasteiger charge is 2.39. The fourth-order valence-corrected chi connectivity index (χ4v) is 5.12. The molecule has 2 unspecified atom stereocenters. The first-order valence-electron chi connectivity index (χ1n) is 6.88. The predicted octanol–water partition coefficient (Wildman–Crippen LogP) is 2.67. The van der Waals surface area contributed by atoms with Gasteiger partial charge < -0.3 is 5.73 Å². The molecule has 2 atom stereocenters. The summed E-state index contributed by atoms with van der Waals surface area (Å²) in [5, 5.41) is 0. The Balaban J connectivity index is 2.53. The van der Waals surface area contributed by atoms with Crippen LogP contribution < -0.4 is 5.73 Å². The van der Waals surface area contributed by atoms with Crippen molar-refractivity contribution in [1.29, 1.82) is 0 Å². The minimum absolute atomic E-state index is 0.0145. The number of aryl methyl sites for hydroxylation is 1. The van der Waals surface area contributed by atoms with Gasteiger partial charge in [0.05, 0.1) is 10.6 Å². The van der Waals surface area contributed by atoms with E-state index >= 15 is 0 Å². The van der Waals surface area contributed by atoms with Crippen molar-refractivity contribution < 1.29 is 12.8 Å². The molecule has 1 aromatic carbocycles. The van der Waals surface area contributed by atoms with Crippen LogP contribution in [0.1, 0.15) is 38.7 Å². The zero-order valence-corrected chi connectivity index (χ0v) is 12.9. The lowest BCUT2D eigenvalue weighted by molar-refractivity contribution is 0.328. The fourth-order valence-electron chi connectivity index (χ4n) is 2.93. The molecule has 2 rings (SSSR count). The Labute approximate surface area is 119 Å². The Morgan fingerprint density at radius 1 is 1.40 bits per heavy atom. The van der Waals surface area contributed by atoms with Gasteiger partial charge in [-0.15, -0.1) is 0 Å². The molecule has 112 valence electrons. The molecule has 0 aromatic heterocycles. The molecule has 0 saturated carbocycles. The maximum Gasteiger partial charge on any atom is 0.243 e. The van der Waals surface area contributed by atoms with Gasteiger partial charge in [0.1, 0.15) is 5.82 Å². The topological polar surface area (TPSA) is 63.4 Å². The summed E-state index contributed by atoms with van der Waals surface area (Å²) in [7, 11) is -3.63. The Morgan fingerprint density at radius 2 is 2.05 bits per heavy atom. The third kappa shape index (κ3) is 2.42. The van der Waals surface area contributed by atoms with E-state index in [4.69, 9.17) is 5.73 Å². The van der Waals surface area contributed by atoms with E-state index in [2.05, 4.69) is 0 Å². The maximum atomic E-state index is 13.4. The third-order valence-electron chi connectivity index (χ3n) is 4.03. The third-order valence-corrected chi connectivity index (χ3v) is 6.24. The SMILES string of the molecule is CCC1CCC(C)N1S(=O)(=O)c1cc(N)c(F)cc1C. The van der Waals surface area contributed by atoms with E-state index in [1.54, 1.807) is 11.2 Å². The monoisotopic (exact) mass is 300 g/mol. The Kier molecular flexibility index (Phi) is 4.07. The quantitative estimate of drug-likeness (QED) is 0.873. The Bertz CT molecular complexity index is 616. The lowest BCUT2D eigenvalue weighted by Crippen LogP contribution is -2.39. The first-order chi connectivity index (χ1) is 9.28. The molecule has 1 heterocycles. The molecule has 0 radical (unpaired) electrons. The van der Waals surface area contributed by atoms with E-state index in [1.807, 2.05) is 13.8 Å². The number of sulfonamides is 1. The lowest BCUT2D eigenvalue weighted by atomic mass is 10.2. The van der Waals surface area contributed by atoms with Gasteiger partial charge in [0.25, 0.3) is 0 Å². The van der Waals surface area contributed by atoms with Crippen LogP contribution in [-0.4, -0.2) is 24.8 Å². The Hall–Kier alpha value is -1.14. The number of hydrogen-bond donors (Lipinski definition) is 1. The number of nitrogen functional groups attached to an aromatic ring is 1. The van der Waals surface area contributed by atoms with Crippen molar-refractivity contribution in [2.24, 2.45) is 0 Å². The van der Waals surface area contributed by atoms with Crippen LogP contribution in [-0.2, 0) is 10.0 Å². The van der Waals surface area contributed by atoms with Crippen LogP contribution in [0, 0.1) is 12.7 Å². The average molecular weight is 300 g/mol.